The number of nitrogens with one attached hydrogen (secondary N) is 1. The topological polar surface area (TPSA) is 93.9 Å². The molecule has 0 atom stereocenters. The minimum absolute atomic E-state index is 0.190. The van der Waals surface area contributed by atoms with Gasteiger partial charge in [-0.1, -0.05) is 0 Å². The molecule has 0 radical (unpaired) electrons. The van der Waals surface area contributed by atoms with Gasteiger partial charge in [0.25, 0.3) is 0 Å². The number of hydrogen-bond donors (Lipinski definition) is 2. The summed E-state index contributed by atoms with van der Waals surface area (Å²) in [6.45, 7) is 2.11. The third-order valence-corrected chi connectivity index (χ3v) is 2.14. The Morgan fingerprint density at radius 1 is 1.59 bits per heavy atom. The molecule has 2 heterocycles. The van der Waals surface area contributed by atoms with Crippen LogP contribution in [0.1, 0.15) is 17.3 Å². The van der Waals surface area contributed by atoms with E-state index in [1.807, 2.05) is 0 Å². The quantitative estimate of drug-likeness (QED) is 0.776. The molecule has 0 amide bonds. The molecule has 0 saturated heterocycles. The van der Waals surface area contributed by atoms with Gasteiger partial charge in [0.1, 0.15) is 0 Å². The van der Waals surface area contributed by atoms with E-state index in [2.05, 4.69) is 15.0 Å². The van der Waals surface area contributed by atoms with E-state index in [1.54, 1.807) is 31.5 Å². The zero-order chi connectivity index (χ0) is 12.3. The normalized spacial score (nSPS) is 10.2. The van der Waals surface area contributed by atoms with Gasteiger partial charge in [0.15, 0.2) is 0 Å². The molecule has 0 unspecified atom stereocenters. The van der Waals surface area contributed by atoms with Crippen LogP contribution in [0.3, 0.4) is 0 Å². The molecule has 6 heteroatoms. The molecule has 88 valence electrons. The van der Waals surface area contributed by atoms with E-state index in [0.717, 1.165) is 0 Å². The minimum atomic E-state index is -0.364. The largest absolute Gasteiger partial charge is 0.462 e. The first kappa shape index (κ1) is 11.1. The molecular formula is C11H12N4O2. The predicted octanol–water partition coefficient (Wildman–Crippen LogP) is 1.23. The molecule has 3 N–H and O–H groups in total. The van der Waals surface area contributed by atoms with Gasteiger partial charge in [-0.3, -0.25) is 0 Å². The number of carbonyl (C=O) groups is 1. The third kappa shape index (κ3) is 2.41. The number of H-pyrrole nitrogens is 1. The van der Waals surface area contributed by atoms with Crippen LogP contribution in [0.4, 0.5) is 5.95 Å². The number of anilines is 1. The predicted molar refractivity (Wildman–Crippen MR) is 62.2 cm³/mol. The molecule has 17 heavy (non-hydrogen) atoms. The van der Waals surface area contributed by atoms with E-state index in [-0.39, 0.29) is 11.9 Å². The summed E-state index contributed by atoms with van der Waals surface area (Å²) in [6.07, 6.45) is 3.13. The summed E-state index contributed by atoms with van der Waals surface area (Å²) in [5.41, 5.74) is 7.27. The molecule has 0 aromatic carbocycles. The highest BCUT2D eigenvalue weighted by atomic mass is 16.5. The van der Waals surface area contributed by atoms with Gasteiger partial charge in [-0.2, -0.15) is 0 Å². The molecule has 2 aromatic rings. The summed E-state index contributed by atoms with van der Waals surface area (Å²) in [5, 5.41) is 0. The molecule has 0 bridgehead atoms. The highest BCUT2D eigenvalue weighted by Gasteiger charge is 2.10. The summed E-state index contributed by atoms with van der Waals surface area (Å²) in [7, 11) is 0. The van der Waals surface area contributed by atoms with Crippen LogP contribution in [0, 0.1) is 0 Å². The van der Waals surface area contributed by atoms with Gasteiger partial charge in [0.05, 0.1) is 23.6 Å². The molecule has 0 aliphatic heterocycles. The first-order valence-electron chi connectivity index (χ1n) is 5.15. The van der Waals surface area contributed by atoms with Crippen molar-refractivity contribution >= 4 is 11.9 Å². The number of nitrogen functional groups attached to an aromatic ring is 1. The number of ether oxygens (including phenoxy) is 1. The minimum Gasteiger partial charge on any atom is -0.462 e. The summed E-state index contributed by atoms with van der Waals surface area (Å²) in [5.74, 6) is -0.174. The van der Waals surface area contributed by atoms with Gasteiger partial charge < -0.3 is 15.5 Å². The van der Waals surface area contributed by atoms with Crippen molar-refractivity contribution < 1.29 is 9.53 Å². The average molecular weight is 232 g/mol. The summed E-state index contributed by atoms with van der Waals surface area (Å²) < 4.78 is 4.88. The lowest BCUT2D eigenvalue weighted by atomic mass is 10.2. The fourth-order valence-corrected chi connectivity index (χ4v) is 1.40. The number of nitrogens with two attached hydrogens (primary N) is 1. The Labute approximate surface area is 97.8 Å². The second-order valence-corrected chi connectivity index (χ2v) is 3.32. The standard InChI is InChI=1S/C11H12N4O2/c1-2-17-10(16)7-5-9(14-6-7)8-3-4-13-11(12)15-8/h3-6,14H,2H2,1H3,(H2,12,13,15). The first-order chi connectivity index (χ1) is 8.20. The maximum atomic E-state index is 11.5. The summed E-state index contributed by atoms with van der Waals surface area (Å²) >= 11 is 0. The second-order valence-electron chi connectivity index (χ2n) is 3.32. The lowest BCUT2D eigenvalue weighted by molar-refractivity contribution is 0.0526. The van der Waals surface area contributed by atoms with Gasteiger partial charge >= 0.3 is 5.97 Å². The number of esters is 1. The SMILES string of the molecule is CCOC(=O)c1c[nH]c(-c2ccnc(N)n2)c1. The van der Waals surface area contributed by atoms with E-state index in [4.69, 9.17) is 10.5 Å². The average Bonchev–Trinajstić information content (AvgIpc) is 2.78. The molecule has 0 fully saturated rings. The Hall–Kier alpha value is -2.37. The first-order valence-corrected chi connectivity index (χ1v) is 5.15. The third-order valence-electron chi connectivity index (χ3n) is 2.14. The number of nitrogens with zero attached hydrogens (tertiary/aromatic N) is 2. The number of aromatic nitrogens is 3. The van der Waals surface area contributed by atoms with E-state index in [0.29, 0.717) is 23.6 Å². The van der Waals surface area contributed by atoms with E-state index >= 15 is 0 Å². The van der Waals surface area contributed by atoms with E-state index < -0.39 is 0 Å². The molecule has 2 aromatic heterocycles. The highest BCUT2D eigenvalue weighted by Crippen LogP contribution is 2.17. The molecule has 0 aliphatic rings. The van der Waals surface area contributed by atoms with Crippen LogP contribution in [-0.4, -0.2) is 27.5 Å². The Bertz CT molecular complexity index is 536. The lowest BCUT2D eigenvalue weighted by Crippen LogP contribution is -2.02. The van der Waals surface area contributed by atoms with Crippen LogP contribution in [-0.2, 0) is 4.74 Å². The van der Waals surface area contributed by atoms with Crippen LogP contribution in [0.15, 0.2) is 24.5 Å². The van der Waals surface area contributed by atoms with Crippen molar-refractivity contribution in [1.29, 1.82) is 0 Å². The monoisotopic (exact) mass is 232 g/mol. The molecule has 0 spiro atoms. The van der Waals surface area contributed by atoms with Gasteiger partial charge in [-0.05, 0) is 19.1 Å². The number of rotatable bonds is 3. The number of aromatic amines is 1. The fraction of sp³-hybridized carbons (Fsp3) is 0.182. The van der Waals surface area contributed by atoms with Crippen molar-refractivity contribution in [3.05, 3.63) is 30.1 Å². The van der Waals surface area contributed by atoms with Crippen LogP contribution < -0.4 is 5.73 Å². The maximum absolute atomic E-state index is 11.5. The zero-order valence-corrected chi connectivity index (χ0v) is 9.30. The summed E-state index contributed by atoms with van der Waals surface area (Å²) in [4.78, 5) is 22.2. The summed E-state index contributed by atoms with van der Waals surface area (Å²) in [6, 6.07) is 3.37. The van der Waals surface area contributed by atoms with Crippen molar-refractivity contribution in [2.24, 2.45) is 0 Å². The van der Waals surface area contributed by atoms with Crippen molar-refractivity contribution in [2.75, 3.05) is 12.3 Å². The Kier molecular flexibility index (Phi) is 3.04. The molecular weight excluding hydrogens is 220 g/mol. The van der Waals surface area contributed by atoms with Gasteiger partial charge in [0, 0.05) is 12.4 Å². The highest BCUT2D eigenvalue weighted by molar-refractivity contribution is 5.90. The lowest BCUT2D eigenvalue weighted by Gasteiger charge is -1.97. The number of hydrogen-bond acceptors (Lipinski definition) is 5. The van der Waals surface area contributed by atoms with Crippen LogP contribution in [0.25, 0.3) is 11.4 Å². The van der Waals surface area contributed by atoms with Gasteiger partial charge in [-0.25, -0.2) is 14.8 Å². The van der Waals surface area contributed by atoms with Crippen molar-refractivity contribution in [1.82, 2.24) is 15.0 Å². The van der Waals surface area contributed by atoms with Crippen molar-refractivity contribution in [2.45, 2.75) is 6.92 Å². The van der Waals surface area contributed by atoms with E-state index in [1.165, 1.54) is 0 Å². The van der Waals surface area contributed by atoms with Crippen LogP contribution in [0.5, 0.6) is 0 Å². The van der Waals surface area contributed by atoms with Crippen LogP contribution >= 0.6 is 0 Å². The van der Waals surface area contributed by atoms with Crippen LogP contribution in [0.2, 0.25) is 0 Å². The molecule has 0 aliphatic carbocycles. The molecule has 2 rings (SSSR count). The fourth-order valence-electron chi connectivity index (χ4n) is 1.40. The van der Waals surface area contributed by atoms with E-state index in [9.17, 15) is 4.79 Å². The molecule has 6 nitrogen and oxygen atoms in total. The maximum Gasteiger partial charge on any atom is 0.339 e. The van der Waals surface area contributed by atoms with Gasteiger partial charge in [-0.15, -0.1) is 0 Å². The Balaban J connectivity index is 2.27. The Morgan fingerprint density at radius 2 is 2.41 bits per heavy atom. The smallest absolute Gasteiger partial charge is 0.339 e. The molecule has 0 saturated carbocycles. The van der Waals surface area contributed by atoms with Crippen molar-refractivity contribution in [3.8, 4) is 11.4 Å². The zero-order valence-electron chi connectivity index (χ0n) is 9.30. The number of carbonyl (C=O) groups excluding carboxylic acids is 1. The Morgan fingerprint density at radius 3 is 3.12 bits per heavy atom. The second kappa shape index (κ2) is 4.65. The van der Waals surface area contributed by atoms with Crippen molar-refractivity contribution in [3.63, 3.8) is 0 Å². The van der Waals surface area contributed by atoms with Gasteiger partial charge in [0.2, 0.25) is 5.95 Å².